The molecule has 0 radical (unpaired) electrons. The molecule has 3 heteroatoms. The Hall–Kier alpha value is -1.74. The van der Waals surface area contributed by atoms with Gasteiger partial charge in [-0.2, -0.15) is 0 Å². The van der Waals surface area contributed by atoms with E-state index in [0.29, 0.717) is 0 Å². The number of ether oxygens (including phenoxy) is 1. The average molecular weight is 270 g/mol. The highest BCUT2D eigenvalue weighted by Gasteiger charge is 2.23. The fraction of sp³-hybridized carbons (Fsp3) is 0.188. The third kappa shape index (κ3) is 2.04. The molecule has 0 bridgehead atoms. The smallest absolute Gasteiger partial charge is 0.194 e. The molecule has 0 atom stereocenters. The monoisotopic (exact) mass is 270 g/mol. The molecule has 0 aromatic heterocycles. The summed E-state index contributed by atoms with van der Waals surface area (Å²) in [5, 5.41) is 0. The maximum Gasteiger partial charge on any atom is 0.194 e. The molecule has 0 saturated carbocycles. The molecule has 0 N–H and O–H groups in total. The minimum atomic E-state index is 0.0916. The zero-order valence-corrected chi connectivity index (χ0v) is 11.7. The van der Waals surface area contributed by atoms with Gasteiger partial charge in [0.25, 0.3) is 0 Å². The fourth-order valence-electron chi connectivity index (χ4n) is 2.35. The Labute approximate surface area is 116 Å². The molecule has 96 valence electrons. The van der Waals surface area contributed by atoms with Gasteiger partial charge in [0.05, 0.1) is 7.11 Å². The van der Waals surface area contributed by atoms with Crippen molar-refractivity contribution in [3.63, 3.8) is 0 Å². The van der Waals surface area contributed by atoms with Crippen LogP contribution in [0.15, 0.2) is 41.3 Å². The van der Waals surface area contributed by atoms with Crippen molar-refractivity contribution in [3.8, 4) is 5.75 Å². The first kappa shape index (κ1) is 12.3. The Kier molecular flexibility index (Phi) is 3.07. The summed E-state index contributed by atoms with van der Waals surface area (Å²) in [4.78, 5) is 13.7. The molecule has 0 unspecified atom stereocenters. The Balaban J connectivity index is 2.19. The summed E-state index contributed by atoms with van der Waals surface area (Å²) < 4.78 is 5.37. The van der Waals surface area contributed by atoms with E-state index in [-0.39, 0.29) is 5.78 Å². The van der Waals surface area contributed by atoms with Crippen LogP contribution in [0.25, 0.3) is 0 Å². The highest BCUT2D eigenvalue weighted by molar-refractivity contribution is 7.98. The summed E-state index contributed by atoms with van der Waals surface area (Å²) >= 11 is 1.70. The van der Waals surface area contributed by atoms with E-state index in [1.165, 1.54) is 5.56 Å². The lowest BCUT2D eigenvalue weighted by Crippen LogP contribution is -2.05. The van der Waals surface area contributed by atoms with E-state index >= 15 is 0 Å². The molecule has 1 aliphatic rings. The van der Waals surface area contributed by atoms with Crippen LogP contribution in [0.5, 0.6) is 5.75 Å². The van der Waals surface area contributed by atoms with Gasteiger partial charge in [0.1, 0.15) is 5.75 Å². The van der Waals surface area contributed by atoms with Gasteiger partial charge in [0.15, 0.2) is 5.78 Å². The van der Waals surface area contributed by atoms with Gasteiger partial charge in [-0.3, -0.25) is 4.79 Å². The van der Waals surface area contributed by atoms with E-state index in [9.17, 15) is 4.79 Å². The molecule has 2 aromatic rings. The van der Waals surface area contributed by atoms with Crippen molar-refractivity contribution in [3.05, 3.63) is 58.7 Å². The van der Waals surface area contributed by atoms with Crippen molar-refractivity contribution in [1.82, 2.24) is 0 Å². The molecular weight excluding hydrogens is 256 g/mol. The van der Waals surface area contributed by atoms with Crippen molar-refractivity contribution in [2.75, 3.05) is 7.11 Å². The molecule has 2 nitrogen and oxygen atoms in total. The molecular formula is C16H14O2S. The van der Waals surface area contributed by atoms with E-state index in [1.54, 1.807) is 18.9 Å². The number of ketones is 1. The van der Waals surface area contributed by atoms with Crippen LogP contribution in [0.2, 0.25) is 0 Å². The van der Waals surface area contributed by atoms with Crippen LogP contribution >= 0.6 is 11.8 Å². The first-order valence-electron chi connectivity index (χ1n) is 6.14. The number of methoxy groups -OCH3 is 1. The second-order valence-electron chi connectivity index (χ2n) is 4.60. The number of aryl methyl sites for hydroxylation is 1. The summed E-state index contributed by atoms with van der Waals surface area (Å²) in [5.74, 6) is 1.65. The summed E-state index contributed by atoms with van der Waals surface area (Å²) in [7, 11) is 1.65. The predicted octanol–water partition coefficient (Wildman–Crippen LogP) is 3.84. The van der Waals surface area contributed by atoms with Gasteiger partial charge in [-0.15, -0.1) is 11.8 Å². The molecule has 1 heterocycles. The number of benzene rings is 2. The lowest BCUT2D eigenvalue weighted by Gasteiger charge is -2.09. The quantitative estimate of drug-likeness (QED) is 0.787. The van der Waals surface area contributed by atoms with Crippen molar-refractivity contribution in [1.29, 1.82) is 0 Å². The maximum absolute atomic E-state index is 12.6. The molecule has 0 saturated heterocycles. The molecule has 0 spiro atoms. The SMILES string of the molecule is COc1cccc2c1CSc1cc(C)ccc1C2=O. The van der Waals surface area contributed by atoms with Crippen LogP contribution in [0.1, 0.15) is 27.0 Å². The second-order valence-corrected chi connectivity index (χ2v) is 5.62. The Morgan fingerprint density at radius 2 is 2.00 bits per heavy atom. The first-order chi connectivity index (χ1) is 9.20. The average Bonchev–Trinajstić information content (AvgIpc) is 2.56. The first-order valence-corrected chi connectivity index (χ1v) is 7.13. The summed E-state index contributed by atoms with van der Waals surface area (Å²) in [6.45, 7) is 2.05. The summed E-state index contributed by atoms with van der Waals surface area (Å²) in [6, 6.07) is 11.7. The lowest BCUT2D eigenvalue weighted by molar-refractivity contribution is 0.103. The van der Waals surface area contributed by atoms with E-state index in [4.69, 9.17) is 4.74 Å². The zero-order valence-electron chi connectivity index (χ0n) is 10.9. The van der Waals surface area contributed by atoms with E-state index in [1.807, 2.05) is 37.3 Å². The molecule has 0 aliphatic carbocycles. The van der Waals surface area contributed by atoms with Crippen molar-refractivity contribution in [2.45, 2.75) is 17.6 Å². The van der Waals surface area contributed by atoms with Crippen LogP contribution in [-0.4, -0.2) is 12.9 Å². The second kappa shape index (κ2) is 4.74. The van der Waals surface area contributed by atoms with E-state index in [2.05, 4.69) is 6.07 Å². The largest absolute Gasteiger partial charge is 0.496 e. The number of carbonyl (C=O) groups excluding carboxylic acids is 1. The third-order valence-corrected chi connectivity index (χ3v) is 4.43. The zero-order chi connectivity index (χ0) is 13.4. The van der Waals surface area contributed by atoms with Gasteiger partial charge in [-0.25, -0.2) is 0 Å². The summed E-state index contributed by atoms with van der Waals surface area (Å²) in [6.07, 6.45) is 0. The van der Waals surface area contributed by atoms with Crippen LogP contribution in [-0.2, 0) is 5.75 Å². The fourth-order valence-corrected chi connectivity index (χ4v) is 3.53. The van der Waals surface area contributed by atoms with Crippen LogP contribution in [0.4, 0.5) is 0 Å². The molecule has 19 heavy (non-hydrogen) atoms. The Morgan fingerprint density at radius 3 is 2.79 bits per heavy atom. The van der Waals surface area contributed by atoms with Crippen LogP contribution in [0.3, 0.4) is 0 Å². The molecule has 3 rings (SSSR count). The topological polar surface area (TPSA) is 26.3 Å². The number of hydrogen-bond acceptors (Lipinski definition) is 3. The van der Waals surface area contributed by atoms with Gasteiger partial charge in [0, 0.05) is 27.3 Å². The van der Waals surface area contributed by atoms with Gasteiger partial charge in [0.2, 0.25) is 0 Å². The number of rotatable bonds is 1. The molecule has 2 aromatic carbocycles. The maximum atomic E-state index is 12.6. The molecule has 0 fully saturated rings. The third-order valence-electron chi connectivity index (χ3n) is 3.35. The molecule has 0 amide bonds. The van der Waals surface area contributed by atoms with Crippen molar-refractivity contribution < 1.29 is 9.53 Å². The predicted molar refractivity (Wildman–Crippen MR) is 77.2 cm³/mol. The van der Waals surface area contributed by atoms with E-state index in [0.717, 1.165) is 33.1 Å². The Bertz CT molecular complexity index is 662. The minimum absolute atomic E-state index is 0.0916. The number of carbonyl (C=O) groups is 1. The van der Waals surface area contributed by atoms with Gasteiger partial charge < -0.3 is 4.74 Å². The molecule has 1 aliphatic heterocycles. The highest BCUT2D eigenvalue weighted by atomic mass is 32.2. The van der Waals surface area contributed by atoms with Gasteiger partial charge in [-0.1, -0.05) is 18.2 Å². The van der Waals surface area contributed by atoms with Crippen LogP contribution < -0.4 is 4.74 Å². The van der Waals surface area contributed by atoms with Gasteiger partial charge in [-0.05, 0) is 30.7 Å². The number of fused-ring (bicyclic) bond motifs is 2. The standard InChI is InChI=1S/C16H14O2S/c1-10-6-7-12-15(8-10)19-9-13-11(16(12)17)4-3-5-14(13)18-2/h3-8H,9H2,1-2H3. The Morgan fingerprint density at radius 1 is 1.16 bits per heavy atom. The normalized spacial score (nSPS) is 13.5. The number of thioether (sulfide) groups is 1. The van der Waals surface area contributed by atoms with Crippen molar-refractivity contribution in [2.24, 2.45) is 0 Å². The van der Waals surface area contributed by atoms with Crippen LogP contribution in [0, 0.1) is 6.92 Å². The van der Waals surface area contributed by atoms with E-state index < -0.39 is 0 Å². The van der Waals surface area contributed by atoms with Gasteiger partial charge >= 0.3 is 0 Å². The minimum Gasteiger partial charge on any atom is -0.496 e. The summed E-state index contributed by atoms with van der Waals surface area (Å²) in [5.41, 5.74) is 3.72. The highest BCUT2D eigenvalue weighted by Crippen LogP contribution is 2.37. The number of hydrogen-bond donors (Lipinski definition) is 0. The van der Waals surface area contributed by atoms with Crippen molar-refractivity contribution >= 4 is 17.5 Å². The lowest BCUT2D eigenvalue weighted by atomic mass is 9.98.